The number of carbonyl (C=O) groups excluding carboxylic acids is 1. The number of rotatable bonds is 3. The maximum atomic E-state index is 14.2. The highest BCUT2D eigenvalue weighted by atomic mass is 19.2. The molecule has 0 radical (unpaired) electrons. The van der Waals surface area contributed by atoms with Crippen LogP contribution in [0.25, 0.3) is 10.8 Å². The highest BCUT2D eigenvalue weighted by Crippen LogP contribution is 2.39. The Labute approximate surface area is 167 Å². The Balaban J connectivity index is 1.69. The summed E-state index contributed by atoms with van der Waals surface area (Å²) in [5.41, 5.74) is 1.10. The molecule has 2 atom stereocenters. The van der Waals surface area contributed by atoms with Crippen LogP contribution in [-0.4, -0.2) is 25.7 Å². The molecular formula is C23H21F2NO3. The maximum Gasteiger partial charge on any atom is 0.234 e. The molecule has 1 heterocycles. The van der Waals surface area contributed by atoms with Gasteiger partial charge in [0, 0.05) is 0 Å². The highest BCUT2D eigenvalue weighted by molar-refractivity contribution is 6.00. The Morgan fingerprint density at radius 2 is 1.86 bits per heavy atom. The third kappa shape index (κ3) is 3.28. The number of nitrogens with zero attached hydrogens (tertiary/aromatic N) is 1. The number of fused-ring (bicyclic) bond motifs is 2. The quantitative estimate of drug-likeness (QED) is 0.621. The van der Waals surface area contributed by atoms with Crippen LogP contribution in [0.3, 0.4) is 0 Å². The van der Waals surface area contributed by atoms with Gasteiger partial charge in [0.25, 0.3) is 0 Å². The molecule has 29 heavy (non-hydrogen) atoms. The van der Waals surface area contributed by atoms with Crippen LogP contribution in [0.15, 0.2) is 48.5 Å². The molecular weight excluding hydrogens is 376 g/mol. The lowest BCUT2D eigenvalue weighted by molar-refractivity contribution is -0.120. The summed E-state index contributed by atoms with van der Waals surface area (Å²) < 4.78 is 38.4. The molecule has 1 aliphatic heterocycles. The first-order valence-electron chi connectivity index (χ1n) is 9.42. The Morgan fingerprint density at radius 1 is 1.14 bits per heavy atom. The van der Waals surface area contributed by atoms with Crippen LogP contribution in [0.2, 0.25) is 0 Å². The van der Waals surface area contributed by atoms with Crippen LogP contribution in [0, 0.1) is 11.6 Å². The van der Waals surface area contributed by atoms with E-state index in [2.05, 4.69) is 0 Å². The lowest BCUT2D eigenvalue weighted by Gasteiger charge is -2.36. The van der Waals surface area contributed by atoms with Gasteiger partial charge in [0.2, 0.25) is 11.7 Å². The summed E-state index contributed by atoms with van der Waals surface area (Å²) in [5.74, 6) is -2.18. The fourth-order valence-corrected chi connectivity index (χ4v) is 3.69. The molecule has 0 N–H and O–H groups in total. The molecule has 0 fully saturated rings. The Kier molecular flexibility index (Phi) is 4.86. The molecule has 150 valence electrons. The van der Waals surface area contributed by atoms with E-state index < -0.39 is 17.6 Å². The predicted molar refractivity (Wildman–Crippen MR) is 108 cm³/mol. The average molecular weight is 397 g/mol. The molecule has 4 nitrogen and oxygen atoms in total. The minimum Gasteiger partial charge on any atom is -0.497 e. The van der Waals surface area contributed by atoms with E-state index in [9.17, 15) is 13.6 Å². The van der Waals surface area contributed by atoms with Crippen molar-refractivity contribution in [1.29, 1.82) is 0 Å². The van der Waals surface area contributed by atoms with Crippen molar-refractivity contribution in [2.75, 3.05) is 18.6 Å². The molecule has 4 rings (SSSR count). The van der Waals surface area contributed by atoms with Gasteiger partial charge in [0.1, 0.15) is 12.4 Å². The second-order valence-electron chi connectivity index (χ2n) is 7.27. The van der Waals surface area contributed by atoms with Gasteiger partial charge in [-0.3, -0.25) is 4.79 Å². The second kappa shape index (κ2) is 7.35. The topological polar surface area (TPSA) is 38.8 Å². The van der Waals surface area contributed by atoms with Gasteiger partial charge in [-0.2, -0.15) is 4.39 Å². The molecule has 6 heteroatoms. The largest absolute Gasteiger partial charge is 0.497 e. The third-order valence-corrected chi connectivity index (χ3v) is 5.38. The number of methoxy groups -OCH3 is 1. The number of ether oxygens (including phenoxy) is 2. The molecule has 0 saturated carbocycles. The van der Waals surface area contributed by atoms with Gasteiger partial charge in [-0.15, -0.1) is 0 Å². The Hall–Kier alpha value is -3.15. The van der Waals surface area contributed by atoms with Crippen LogP contribution in [0.4, 0.5) is 14.5 Å². The minimum absolute atomic E-state index is 0.101. The van der Waals surface area contributed by atoms with Crippen molar-refractivity contribution < 1.29 is 23.0 Å². The molecule has 3 aromatic carbocycles. The van der Waals surface area contributed by atoms with Crippen LogP contribution in [-0.2, 0) is 4.79 Å². The van der Waals surface area contributed by atoms with Gasteiger partial charge in [-0.1, -0.05) is 24.3 Å². The van der Waals surface area contributed by atoms with E-state index in [1.807, 2.05) is 50.2 Å². The molecule has 1 aliphatic rings. The molecule has 3 aromatic rings. The van der Waals surface area contributed by atoms with E-state index in [4.69, 9.17) is 9.47 Å². The lowest BCUT2D eigenvalue weighted by atomic mass is 9.95. The summed E-state index contributed by atoms with van der Waals surface area (Å²) in [5, 5.41) is 2.00. The summed E-state index contributed by atoms with van der Waals surface area (Å²) in [4.78, 5) is 14.8. The zero-order valence-corrected chi connectivity index (χ0v) is 16.4. The first-order valence-corrected chi connectivity index (χ1v) is 9.42. The summed E-state index contributed by atoms with van der Waals surface area (Å²) in [7, 11) is 1.62. The molecule has 0 aliphatic carbocycles. The van der Waals surface area contributed by atoms with Crippen molar-refractivity contribution >= 4 is 22.4 Å². The lowest BCUT2D eigenvalue weighted by Crippen LogP contribution is -2.47. The Bertz CT molecular complexity index is 1100. The van der Waals surface area contributed by atoms with Gasteiger partial charge < -0.3 is 14.4 Å². The van der Waals surface area contributed by atoms with Gasteiger partial charge in [-0.05, 0) is 54.4 Å². The van der Waals surface area contributed by atoms with Gasteiger partial charge in [0.15, 0.2) is 11.6 Å². The number of benzene rings is 3. The molecule has 0 saturated heterocycles. The fourth-order valence-electron chi connectivity index (χ4n) is 3.69. The van der Waals surface area contributed by atoms with E-state index in [0.717, 1.165) is 28.2 Å². The monoisotopic (exact) mass is 397 g/mol. The summed E-state index contributed by atoms with van der Waals surface area (Å²) >= 11 is 0. The number of amides is 1. The number of carbonyl (C=O) groups is 1. The average Bonchev–Trinajstić information content (AvgIpc) is 2.74. The first-order chi connectivity index (χ1) is 13.9. The van der Waals surface area contributed by atoms with Crippen LogP contribution in [0.1, 0.15) is 25.3 Å². The predicted octanol–water partition coefficient (Wildman–Crippen LogP) is 5.04. The van der Waals surface area contributed by atoms with Crippen molar-refractivity contribution in [3.05, 3.63) is 65.7 Å². The van der Waals surface area contributed by atoms with E-state index in [-0.39, 0.29) is 30.0 Å². The highest BCUT2D eigenvalue weighted by Gasteiger charge is 2.35. The van der Waals surface area contributed by atoms with Gasteiger partial charge >= 0.3 is 0 Å². The molecule has 0 unspecified atom stereocenters. The Morgan fingerprint density at radius 3 is 2.62 bits per heavy atom. The van der Waals surface area contributed by atoms with Crippen molar-refractivity contribution in [3.8, 4) is 11.5 Å². The van der Waals surface area contributed by atoms with Crippen molar-refractivity contribution in [2.24, 2.45) is 0 Å². The van der Waals surface area contributed by atoms with Gasteiger partial charge in [0.05, 0.1) is 24.8 Å². The molecule has 0 bridgehead atoms. The smallest absolute Gasteiger partial charge is 0.234 e. The second-order valence-corrected chi connectivity index (χ2v) is 7.27. The zero-order valence-electron chi connectivity index (χ0n) is 16.4. The molecule has 0 aromatic heterocycles. The van der Waals surface area contributed by atoms with Crippen LogP contribution < -0.4 is 14.4 Å². The first kappa shape index (κ1) is 19.2. The SMILES string of the molecule is COc1ccc2cc([C@H](C)C(=O)N3c4ccc(F)c(F)c4OC[C@H]3C)ccc2c1. The van der Waals surface area contributed by atoms with E-state index in [1.54, 1.807) is 7.11 Å². The van der Waals surface area contributed by atoms with Crippen molar-refractivity contribution in [2.45, 2.75) is 25.8 Å². The van der Waals surface area contributed by atoms with Gasteiger partial charge in [-0.25, -0.2) is 4.39 Å². The number of anilines is 1. The summed E-state index contributed by atoms with van der Waals surface area (Å²) in [6, 6.07) is 13.7. The van der Waals surface area contributed by atoms with Crippen molar-refractivity contribution in [1.82, 2.24) is 0 Å². The number of halogens is 2. The molecule has 1 amide bonds. The molecule has 0 spiro atoms. The van der Waals surface area contributed by atoms with E-state index >= 15 is 0 Å². The number of hydrogen-bond donors (Lipinski definition) is 0. The normalized spacial score (nSPS) is 16.9. The van der Waals surface area contributed by atoms with Crippen LogP contribution >= 0.6 is 0 Å². The third-order valence-electron chi connectivity index (χ3n) is 5.38. The standard InChI is InChI=1S/C23H21F2NO3/c1-13-12-29-22-20(9-8-19(24)21(22)25)26(13)23(27)14(2)15-4-5-17-11-18(28-3)7-6-16(17)10-15/h4-11,13-14H,12H2,1-3H3/t13-,14+/m1/s1. The number of hydrogen-bond acceptors (Lipinski definition) is 3. The zero-order chi connectivity index (χ0) is 20.7. The van der Waals surface area contributed by atoms with E-state index in [1.165, 1.54) is 11.0 Å². The maximum absolute atomic E-state index is 14.2. The fraction of sp³-hybridized carbons (Fsp3) is 0.261. The van der Waals surface area contributed by atoms with Crippen molar-refractivity contribution in [3.63, 3.8) is 0 Å². The van der Waals surface area contributed by atoms with E-state index in [0.29, 0.717) is 0 Å². The summed E-state index contributed by atoms with van der Waals surface area (Å²) in [6.07, 6.45) is 0. The van der Waals surface area contributed by atoms with Crippen LogP contribution in [0.5, 0.6) is 11.5 Å². The summed E-state index contributed by atoms with van der Waals surface area (Å²) in [6.45, 7) is 3.74. The minimum atomic E-state index is -1.07.